The molecular weight excluding hydrogens is 260 g/mol. The molecule has 0 aliphatic heterocycles. The summed E-state index contributed by atoms with van der Waals surface area (Å²) in [6, 6.07) is 3.83. The SMILES string of the molecule is CC(Sc1ccc(Br)s1)C(=O)O. The molecule has 0 bridgehead atoms. The highest BCUT2D eigenvalue weighted by Crippen LogP contribution is 2.32. The summed E-state index contributed by atoms with van der Waals surface area (Å²) in [6.45, 7) is 1.68. The summed E-state index contributed by atoms with van der Waals surface area (Å²) in [5.74, 6) is -0.774. The van der Waals surface area contributed by atoms with Gasteiger partial charge in [-0.2, -0.15) is 0 Å². The van der Waals surface area contributed by atoms with Crippen LogP contribution in [0.1, 0.15) is 6.92 Å². The summed E-state index contributed by atoms with van der Waals surface area (Å²) in [7, 11) is 0. The smallest absolute Gasteiger partial charge is 0.316 e. The minimum absolute atomic E-state index is 0.379. The van der Waals surface area contributed by atoms with Crippen LogP contribution in [0.4, 0.5) is 0 Å². The number of thioether (sulfide) groups is 1. The largest absolute Gasteiger partial charge is 0.480 e. The number of aliphatic carboxylic acids is 1. The zero-order valence-corrected chi connectivity index (χ0v) is 9.50. The number of hydrogen-bond acceptors (Lipinski definition) is 3. The van der Waals surface area contributed by atoms with Crippen molar-refractivity contribution in [3.63, 3.8) is 0 Å². The highest BCUT2D eigenvalue weighted by Gasteiger charge is 2.13. The van der Waals surface area contributed by atoms with Crippen molar-refractivity contribution in [2.45, 2.75) is 16.4 Å². The first-order valence-electron chi connectivity index (χ1n) is 3.24. The van der Waals surface area contributed by atoms with Crippen LogP contribution in [0, 0.1) is 0 Å². The first-order chi connectivity index (χ1) is 5.59. The molecule has 0 radical (unpaired) electrons. The van der Waals surface area contributed by atoms with Crippen LogP contribution in [-0.2, 0) is 4.79 Å². The van der Waals surface area contributed by atoms with Gasteiger partial charge in [-0.1, -0.05) is 0 Å². The van der Waals surface area contributed by atoms with Gasteiger partial charge in [-0.25, -0.2) is 0 Å². The molecular formula is C7H7BrO2S2. The summed E-state index contributed by atoms with van der Waals surface area (Å²) in [4.78, 5) is 10.5. The van der Waals surface area contributed by atoms with Crippen LogP contribution >= 0.6 is 39.0 Å². The minimum Gasteiger partial charge on any atom is -0.480 e. The van der Waals surface area contributed by atoms with Crippen molar-refractivity contribution in [2.75, 3.05) is 0 Å². The minimum atomic E-state index is -0.774. The van der Waals surface area contributed by atoms with E-state index in [1.54, 1.807) is 18.3 Å². The summed E-state index contributed by atoms with van der Waals surface area (Å²) in [5, 5.41) is 8.24. The fraction of sp³-hybridized carbons (Fsp3) is 0.286. The maximum Gasteiger partial charge on any atom is 0.316 e. The zero-order chi connectivity index (χ0) is 9.14. The summed E-state index contributed by atoms with van der Waals surface area (Å²) in [5.41, 5.74) is 0. The van der Waals surface area contributed by atoms with Gasteiger partial charge in [0, 0.05) is 0 Å². The lowest BCUT2D eigenvalue weighted by molar-refractivity contribution is -0.136. The molecule has 1 aromatic heterocycles. The van der Waals surface area contributed by atoms with Crippen LogP contribution < -0.4 is 0 Å². The molecule has 0 saturated carbocycles. The van der Waals surface area contributed by atoms with Crippen molar-refractivity contribution in [3.05, 3.63) is 15.9 Å². The molecule has 1 N–H and O–H groups in total. The number of carbonyl (C=O) groups is 1. The molecule has 66 valence electrons. The molecule has 0 aliphatic carbocycles. The van der Waals surface area contributed by atoms with Gasteiger partial charge >= 0.3 is 5.97 Å². The van der Waals surface area contributed by atoms with E-state index < -0.39 is 5.97 Å². The average Bonchev–Trinajstić information content (AvgIpc) is 2.35. The van der Waals surface area contributed by atoms with Gasteiger partial charge in [-0.3, -0.25) is 4.79 Å². The molecule has 0 fully saturated rings. The van der Waals surface area contributed by atoms with Crippen LogP contribution in [0.3, 0.4) is 0 Å². The molecule has 0 aromatic carbocycles. The lowest BCUT2D eigenvalue weighted by Gasteiger charge is -2.01. The molecule has 12 heavy (non-hydrogen) atoms. The molecule has 1 aromatic rings. The molecule has 2 nitrogen and oxygen atoms in total. The Morgan fingerprint density at radius 1 is 1.75 bits per heavy atom. The third-order valence-corrected chi connectivity index (χ3v) is 4.07. The maximum absolute atomic E-state index is 10.5. The second-order valence-corrected chi connectivity index (χ2v) is 6.26. The number of thiophene rings is 1. The number of carboxylic acid groups (broad SMARTS) is 1. The van der Waals surface area contributed by atoms with E-state index in [1.807, 2.05) is 12.1 Å². The topological polar surface area (TPSA) is 37.3 Å². The third-order valence-electron chi connectivity index (χ3n) is 1.19. The van der Waals surface area contributed by atoms with Gasteiger partial charge in [-0.15, -0.1) is 23.1 Å². The molecule has 0 saturated heterocycles. The molecule has 1 heterocycles. The van der Waals surface area contributed by atoms with Crippen LogP contribution in [0.5, 0.6) is 0 Å². The molecule has 1 atom stereocenters. The zero-order valence-electron chi connectivity index (χ0n) is 6.28. The first kappa shape index (κ1) is 10.1. The normalized spacial score (nSPS) is 12.8. The Morgan fingerprint density at radius 3 is 2.83 bits per heavy atom. The van der Waals surface area contributed by atoms with Crippen LogP contribution in [0.25, 0.3) is 0 Å². The van der Waals surface area contributed by atoms with Gasteiger partial charge in [0.2, 0.25) is 0 Å². The van der Waals surface area contributed by atoms with Crippen molar-refractivity contribution < 1.29 is 9.90 Å². The van der Waals surface area contributed by atoms with E-state index in [-0.39, 0.29) is 5.25 Å². The number of rotatable bonds is 3. The Bertz CT molecular complexity index is 285. The first-order valence-corrected chi connectivity index (χ1v) is 5.73. The van der Waals surface area contributed by atoms with Crippen LogP contribution in [0.15, 0.2) is 20.1 Å². The van der Waals surface area contributed by atoms with E-state index in [9.17, 15) is 4.79 Å². The van der Waals surface area contributed by atoms with Gasteiger partial charge in [0.15, 0.2) is 0 Å². The van der Waals surface area contributed by atoms with E-state index >= 15 is 0 Å². The van der Waals surface area contributed by atoms with Gasteiger partial charge in [-0.05, 0) is 35.0 Å². The molecule has 1 unspecified atom stereocenters. The summed E-state index contributed by atoms with van der Waals surface area (Å²) in [6.07, 6.45) is 0. The predicted molar refractivity (Wildman–Crippen MR) is 55.0 cm³/mol. The predicted octanol–water partition coefficient (Wildman–Crippen LogP) is 3.08. The van der Waals surface area contributed by atoms with Crippen molar-refractivity contribution in [1.29, 1.82) is 0 Å². The summed E-state index contributed by atoms with van der Waals surface area (Å²) < 4.78 is 2.05. The fourth-order valence-electron chi connectivity index (χ4n) is 0.586. The Kier molecular flexibility index (Phi) is 3.61. The van der Waals surface area contributed by atoms with E-state index in [4.69, 9.17) is 5.11 Å². The fourth-order valence-corrected chi connectivity index (χ4v) is 3.52. The number of hydrogen-bond donors (Lipinski definition) is 1. The average molecular weight is 267 g/mol. The third kappa shape index (κ3) is 2.80. The Hall–Kier alpha value is -0.000000000000000111. The monoisotopic (exact) mass is 266 g/mol. The van der Waals surface area contributed by atoms with E-state index in [0.717, 1.165) is 8.00 Å². The highest BCUT2D eigenvalue weighted by atomic mass is 79.9. The highest BCUT2D eigenvalue weighted by molar-refractivity contribution is 9.11. The van der Waals surface area contributed by atoms with Gasteiger partial charge in [0.25, 0.3) is 0 Å². The Morgan fingerprint density at radius 2 is 2.42 bits per heavy atom. The van der Waals surface area contributed by atoms with Crippen LogP contribution in [0.2, 0.25) is 0 Å². The van der Waals surface area contributed by atoms with Crippen molar-refractivity contribution >= 4 is 45.0 Å². The lowest BCUT2D eigenvalue weighted by atomic mass is 10.5. The van der Waals surface area contributed by atoms with Crippen molar-refractivity contribution in [2.24, 2.45) is 0 Å². The second-order valence-electron chi connectivity index (χ2n) is 2.16. The molecule has 0 spiro atoms. The number of carboxylic acids is 1. The van der Waals surface area contributed by atoms with Gasteiger partial charge in [0.05, 0.1) is 8.00 Å². The van der Waals surface area contributed by atoms with Crippen molar-refractivity contribution in [1.82, 2.24) is 0 Å². The van der Waals surface area contributed by atoms with Gasteiger partial charge in [0.1, 0.15) is 5.25 Å². The van der Waals surface area contributed by atoms with E-state index in [2.05, 4.69) is 15.9 Å². The molecule has 0 amide bonds. The van der Waals surface area contributed by atoms with Gasteiger partial charge < -0.3 is 5.11 Å². The standard InChI is InChI=1S/C7H7BrO2S2/c1-4(7(9)10)11-6-3-2-5(8)12-6/h2-4H,1H3,(H,9,10). The Labute approximate surface area is 87.1 Å². The summed E-state index contributed by atoms with van der Waals surface area (Å²) >= 11 is 6.23. The maximum atomic E-state index is 10.5. The second kappa shape index (κ2) is 4.30. The van der Waals surface area contributed by atoms with Crippen LogP contribution in [-0.4, -0.2) is 16.3 Å². The molecule has 1 rings (SSSR count). The van der Waals surface area contributed by atoms with Crippen molar-refractivity contribution in [3.8, 4) is 0 Å². The number of halogens is 1. The Balaban J connectivity index is 2.58. The quantitative estimate of drug-likeness (QED) is 0.855. The molecule has 0 aliphatic rings. The van der Waals surface area contributed by atoms with E-state index in [1.165, 1.54) is 11.8 Å². The lowest BCUT2D eigenvalue weighted by Crippen LogP contribution is -2.10. The van der Waals surface area contributed by atoms with E-state index in [0.29, 0.717) is 0 Å². The molecule has 5 heteroatoms.